The van der Waals surface area contributed by atoms with Crippen LogP contribution in [-0.4, -0.2) is 28.7 Å². The Hall–Kier alpha value is -4.51. The highest BCUT2D eigenvalue weighted by Gasteiger charge is 2.17. The van der Waals surface area contributed by atoms with Gasteiger partial charge in [0.1, 0.15) is 17.6 Å². The normalized spacial score (nSPS) is 12.7. The quantitative estimate of drug-likeness (QED) is 0.439. The van der Waals surface area contributed by atoms with Gasteiger partial charge in [-0.1, -0.05) is 18.2 Å². The van der Waals surface area contributed by atoms with Gasteiger partial charge in [-0.2, -0.15) is 10.4 Å². The Balaban J connectivity index is 1.45. The third-order valence-corrected chi connectivity index (χ3v) is 5.21. The third kappa shape index (κ3) is 3.79. The molecule has 2 aromatic heterocycles. The molecule has 1 aliphatic rings. The number of rotatable bonds is 5. The molecule has 4 aromatic rings. The summed E-state index contributed by atoms with van der Waals surface area (Å²) in [5.74, 6) is 2.26. The summed E-state index contributed by atoms with van der Waals surface area (Å²) >= 11 is 0. The largest absolute Gasteiger partial charge is 0.457 e. The summed E-state index contributed by atoms with van der Waals surface area (Å²) in [4.78, 5) is 4.39. The van der Waals surface area contributed by atoms with E-state index in [1.807, 2.05) is 67.7 Å². The van der Waals surface area contributed by atoms with Crippen molar-refractivity contribution in [2.75, 3.05) is 23.7 Å². The van der Waals surface area contributed by atoms with E-state index in [2.05, 4.69) is 32.1 Å². The molecular weight excluding hydrogens is 402 g/mol. The van der Waals surface area contributed by atoms with Gasteiger partial charge in [-0.05, 0) is 43.3 Å². The lowest BCUT2D eigenvalue weighted by atomic mass is 10.1. The summed E-state index contributed by atoms with van der Waals surface area (Å²) in [5, 5.41) is 24.0. The van der Waals surface area contributed by atoms with Gasteiger partial charge in [0.15, 0.2) is 5.96 Å². The lowest BCUT2D eigenvalue weighted by Crippen LogP contribution is -2.26. The minimum atomic E-state index is 0.464. The fourth-order valence-corrected chi connectivity index (χ4v) is 3.61. The average molecular weight is 423 g/mol. The summed E-state index contributed by atoms with van der Waals surface area (Å²) in [5.41, 5.74) is 4.69. The smallest absolute Gasteiger partial charge is 0.195 e. The number of para-hydroxylation sites is 1. The predicted molar refractivity (Wildman–Crippen MR) is 125 cm³/mol. The van der Waals surface area contributed by atoms with Gasteiger partial charge in [-0.25, -0.2) is 4.52 Å². The van der Waals surface area contributed by atoms with E-state index in [0.717, 1.165) is 53.0 Å². The van der Waals surface area contributed by atoms with Crippen molar-refractivity contribution in [3.63, 3.8) is 0 Å². The number of aromatic nitrogens is 2. The summed E-state index contributed by atoms with van der Waals surface area (Å²) in [7, 11) is 0. The number of benzene rings is 2. The molecule has 0 atom stereocenters. The van der Waals surface area contributed by atoms with Gasteiger partial charge in [0.25, 0.3) is 0 Å². The van der Waals surface area contributed by atoms with Crippen LogP contribution in [0.25, 0.3) is 5.52 Å². The molecule has 158 valence electrons. The molecular formula is C24H21N7O. The van der Waals surface area contributed by atoms with Crippen molar-refractivity contribution < 1.29 is 4.74 Å². The van der Waals surface area contributed by atoms with Crippen LogP contribution in [0.3, 0.4) is 0 Å². The van der Waals surface area contributed by atoms with Gasteiger partial charge < -0.3 is 20.7 Å². The number of hydrogen-bond donors (Lipinski definition) is 3. The number of hydrogen-bond acceptors (Lipinski definition) is 7. The van der Waals surface area contributed by atoms with Gasteiger partial charge in [-0.3, -0.25) is 4.99 Å². The Morgan fingerprint density at radius 3 is 2.56 bits per heavy atom. The lowest BCUT2D eigenvalue weighted by molar-refractivity contribution is 0.483. The number of nitrogens with one attached hydrogen (secondary N) is 3. The number of guanidine groups is 1. The number of aliphatic imine (C=N–C) groups is 1. The van der Waals surface area contributed by atoms with Crippen LogP contribution in [0.4, 0.5) is 17.1 Å². The molecule has 8 nitrogen and oxygen atoms in total. The Labute approximate surface area is 185 Å². The van der Waals surface area contributed by atoms with Crippen molar-refractivity contribution in [3.8, 4) is 17.6 Å². The summed E-state index contributed by atoms with van der Waals surface area (Å²) < 4.78 is 7.63. The highest BCUT2D eigenvalue weighted by molar-refractivity contribution is 5.98. The molecule has 0 fully saturated rings. The zero-order chi connectivity index (χ0) is 21.9. The van der Waals surface area contributed by atoms with E-state index < -0.39 is 0 Å². The van der Waals surface area contributed by atoms with E-state index in [1.165, 1.54) is 0 Å². The first-order valence-electron chi connectivity index (χ1n) is 10.3. The second kappa shape index (κ2) is 8.32. The molecule has 32 heavy (non-hydrogen) atoms. The number of nitriles is 1. The predicted octanol–water partition coefficient (Wildman–Crippen LogP) is 4.42. The fourth-order valence-electron chi connectivity index (χ4n) is 3.61. The van der Waals surface area contributed by atoms with Crippen LogP contribution in [-0.2, 0) is 0 Å². The van der Waals surface area contributed by atoms with Crippen LogP contribution in [0.5, 0.6) is 11.5 Å². The van der Waals surface area contributed by atoms with Crippen molar-refractivity contribution >= 4 is 28.5 Å². The molecule has 3 N–H and O–H groups in total. The third-order valence-electron chi connectivity index (χ3n) is 5.21. The van der Waals surface area contributed by atoms with Crippen LogP contribution >= 0.6 is 0 Å². The Bertz CT molecular complexity index is 1340. The molecule has 0 aliphatic carbocycles. The van der Waals surface area contributed by atoms with E-state index in [9.17, 15) is 5.26 Å². The van der Waals surface area contributed by atoms with Crippen LogP contribution in [0, 0.1) is 18.3 Å². The van der Waals surface area contributed by atoms with Gasteiger partial charge in [-0.15, -0.1) is 0 Å². The molecule has 0 saturated carbocycles. The van der Waals surface area contributed by atoms with Gasteiger partial charge in [0, 0.05) is 17.8 Å². The van der Waals surface area contributed by atoms with E-state index >= 15 is 0 Å². The first kappa shape index (κ1) is 19.5. The van der Waals surface area contributed by atoms with Crippen LogP contribution < -0.4 is 20.7 Å². The van der Waals surface area contributed by atoms with Crippen molar-refractivity contribution in [3.05, 3.63) is 78.1 Å². The number of anilines is 3. The summed E-state index contributed by atoms with van der Waals surface area (Å²) in [6.45, 7) is 3.57. The molecule has 8 heteroatoms. The number of fused-ring (bicyclic) bond motifs is 1. The van der Waals surface area contributed by atoms with Gasteiger partial charge >= 0.3 is 0 Å². The Kier molecular flexibility index (Phi) is 5.06. The second-order valence-corrected chi connectivity index (χ2v) is 7.35. The molecule has 0 saturated heterocycles. The average Bonchev–Trinajstić information content (AvgIpc) is 3.44. The fraction of sp³-hybridized carbons (Fsp3) is 0.125. The molecule has 5 rings (SSSR count). The minimum absolute atomic E-state index is 0.464. The maximum Gasteiger partial charge on any atom is 0.195 e. The number of ether oxygens (including phenoxy) is 1. The van der Waals surface area contributed by atoms with E-state index in [0.29, 0.717) is 11.3 Å². The van der Waals surface area contributed by atoms with Crippen molar-refractivity contribution in [2.24, 2.45) is 4.99 Å². The zero-order valence-corrected chi connectivity index (χ0v) is 17.5. The summed E-state index contributed by atoms with van der Waals surface area (Å²) in [6, 6.07) is 19.5. The van der Waals surface area contributed by atoms with Crippen LogP contribution in [0.1, 0.15) is 11.1 Å². The molecule has 1 aliphatic heterocycles. The highest BCUT2D eigenvalue weighted by Crippen LogP contribution is 2.33. The first-order valence-corrected chi connectivity index (χ1v) is 10.3. The second-order valence-electron chi connectivity index (χ2n) is 7.35. The molecule has 2 aromatic carbocycles. The standard InChI is InChI=1S/C24H21N7O/c1-16-21(30-24-26-11-12-27-24)15-31-23(16)22(17(13-25)14-28-31)29-18-7-9-20(10-8-18)32-19-5-3-2-4-6-19/h2-10,14-15,29H,11-12H2,1H3,(H2,26,27,30). The van der Waals surface area contributed by atoms with Crippen molar-refractivity contribution in [1.29, 1.82) is 5.26 Å². The Morgan fingerprint density at radius 1 is 1.06 bits per heavy atom. The maximum absolute atomic E-state index is 9.69. The molecule has 0 spiro atoms. The Morgan fingerprint density at radius 2 is 1.84 bits per heavy atom. The molecule has 0 bridgehead atoms. The van der Waals surface area contributed by atoms with Crippen molar-refractivity contribution in [1.82, 2.24) is 14.9 Å². The van der Waals surface area contributed by atoms with E-state index in [4.69, 9.17) is 4.74 Å². The number of nitrogens with zero attached hydrogens (tertiary/aromatic N) is 4. The van der Waals surface area contributed by atoms with Crippen LogP contribution in [0.15, 0.2) is 72.0 Å². The maximum atomic E-state index is 9.69. The first-order chi connectivity index (χ1) is 15.7. The molecule has 0 amide bonds. The zero-order valence-electron chi connectivity index (χ0n) is 17.5. The van der Waals surface area contributed by atoms with Crippen LogP contribution in [0.2, 0.25) is 0 Å². The van der Waals surface area contributed by atoms with Gasteiger partial charge in [0.05, 0.1) is 41.4 Å². The SMILES string of the molecule is Cc1c(NC2=NCCN2)cn2ncc(C#N)c(Nc3ccc(Oc4ccccc4)cc3)c12. The lowest BCUT2D eigenvalue weighted by Gasteiger charge is -2.12. The monoisotopic (exact) mass is 423 g/mol. The molecule has 0 unspecified atom stereocenters. The van der Waals surface area contributed by atoms with E-state index in [1.54, 1.807) is 10.7 Å². The van der Waals surface area contributed by atoms with Gasteiger partial charge in [0.2, 0.25) is 0 Å². The van der Waals surface area contributed by atoms with E-state index in [-0.39, 0.29) is 0 Å². The summed E-state index contributed by atoms with van der Waals surface area (Å²) in [6.07, 6.45) is 3.47. The topological polar surface area (TPSA) is 98.8 Å². The molecule has 0 radical (unpaired) electrons. The minimum Gasteiger partial charge on any atom is -0.457 e. The number of aryl methyl sites for hydroxylation is 1. The molecule has 3 heterocycles. The van der Waals surface area contributed by atoms with Crippen molar-refractivity contribution in [2.45, 2.75) is 6.92 Å². The highest BCUT2D eigenvalue weighted by atomic mass is 16.5.